The lowest BCUT2D eigenvalue weighted by atomic mass is 10.2. The molecule has 0 aliphatic carbocycles. The van der Waals surface area contributed by atoms with Crippen molar-refractivity contribution in [1.82, 2.24) is 0 Å². The Balaban J connectivity index is 2.22. The van der Waals surface area contributed by atoms with Gasteiger partial charge in [0.25, 0.3) is 0 Å². The van der Waals surface area contributed by atoms with Gasteiger partial charge in [-0.1, -0.05) is 0 Å². The zero-order valence-corrected chi connectivity index (χ0v) is 19.0. The molecular weight excluding hydrogens is 683 g/mol. The second kappa shape index (κ2) is 11.1. The SMILES string of the molecule is O=C(OCCOCCCOC(F)(F)C(=O)O)c1cc(I)cc(I)c1I. The van der Waals surface area contributed by atoms with E-state index in [1.807, 2.05) is 6.07 Å². The Morgan fingerprint density at radius 1 is 1.08 bits per heavy atom. The van der Waals surface area contributed by atoms with Crippen LogP contribution in [0.1, 0.15) is 16.8 Å². The van der Waals surface area contributed by atoms with E-state index in [4.69, 9.17) is 14.6 Å². The molecule has 0 atom stereocenters. The van der Waals surface area contributed by atoms with Gasteiger partial charge in [0, 0.05) is 17.3 Å². The first-order valence-electron chi connectivity index (χ1n) is 6.79. The number of ether oxygens (including phenoxy) is 3. The van der Waals surface area contributed by atoms with Crippen molar-refractivity contribution < 1.29 is 37.7 Å². The highest BCUT2D eigenvalue weighted by atomic mass is 127. The molecule has 0 amide bonds. The molecule has 0 aliphatic rings. The van der Waals surface area contributed by atoms with Crippen LogP contribution in [0.15, 0.2) is 12.1 Å². The fraction of sp³-hybridized carbons (Fsp3) is 0.429. The van der Waals surface area contributed by atoms with Gasteiger partial charge in [0.15, 0.2) is 0 Å². The standard InChI is InChI=1S/C14H13F2I3O6/c15-14(16,13(21)22)25-3-1-2-23-4-5-24-12(20)9-6-8(17)7-10(18)11(9)19/h6-7H,1-5H2,(H,21,22). The largest absolute Gasteiger partial charge is 0.475 e. The van der Waals surface area contributed by atoms with E-state index in [2.05, 4.69) is 72.5 Å². The molecule has 1 aromatic carbocycles. The third kappa shape index (κ3) is 8.13. The van der Waals surface area contributed by atoms with Crippen LogP contribution in [0.4, 0.5) is 8.78 Å². The van der Waals surface area contributed by atoms with E-state index in [0.717, 1.165) is 10.7 Å². The summed E-state index contributed by atoms with van der Waals surface area (Å²) in [5.74, 6) is -2.80. The summed E-state index contributed by atoms with van der Waals surface area (Å²) in [5.41, 5.74) is 0.473. The second-order valence-corrected chi connectivity index (χ2v) is 8.01. The minimum Gasteiger partial charge on any atom is -0.475 e. The Hall–Kier alpha value is 0.130. The number of carbonyl (C=O) groups excluding carboxylic acids is 1. The number of carboxylic acids is 1. The number of benzene rings is 1. The zero-order chi connectivity index (χ0) is 19.0. The number of halogens is 5. The van der Waals surface area contributed by atoms with Crippen molar-refractivity contribution in [3.8, 4) is 0 Å². The van der Waals surface area contributed by atoms with Gasteiger partial charge in [-0.15, -0.1) is 0 Å². The highest BCUT2D eigenvalue weighted by molar-refractivity contribution is 14.1. The second-order valence-electron chi connectivity index (χ2n) is 4.52. The van der Waals surface area contributed by atoms with Crippen LogP contribution in [-0.4, -0.2) is 49.6 Å². The van der Waals surface area contributed by atoms with Crippen molar-refractivity contribution in [3.63, 3.8) is 0 Å². The predicted octanol–water partition coefficient (Wildman–Crippen LogP) is 3.76. The van der Waals surface area contributed by atoms with Crippen molar-refractivity contribution >= 4 is 79.7 Å². The van der Waals surface area contributed by atoms with Crippen LogP contribution in [0, 0.1) is 10.7 Å². The van der Waals surface area contributed by atoms with E-state index in [9.17, 15) is 18.4 Å². The molecule has 0 aliphatic heterocycles. The van der Waals surface area contributed by atoms with E-state index in [0.29, 0.717) is 5.56 Å². The van der Waals surface area contributed by atoms with Gasteiger partial charge in [-0.25, -0.2) is 9.59 Å². The number of hydrogen-bond acceptors (Lipinski definition) is 5. The predicted molar refractivity (Wildman–Crippen MR) is 109 cm³/mol. The van der Waals surface area contributed by atoms with Gasteiger partial charge >= 0.3 is 18.0 Å². The lowest BCUT2D eigenvalue weighted by Crippen LogP contribution is -2.32. The first-order valence-corrected chi connectivity index (χ1v) is 10.0. The molecule has 6 nitrogen and oxygen atoms in total. The molecule has 0 saturated carbocycles. The highest BCUT2D eigenvalue weighted by Gasteiger charge is 2.40. The average molecular weight is 696 g/mol. The normalized spacial score (nSPS) is 11.4. The van der Waals surface area contributed by atoms with E-state index < -0.39 is 24.7 Å². The number of aliphatic carboxylic acids is 1. The summed E-state index contributed by atoms with van der Waals surface area (Å²) in [6, 6.07) is 3.67. The molecule has 0 heterocycles. The summed E-state index contributed by atoms with van der Waals surface area (Å²) in [5, 5.41) is 8.16. The first kappa shape index (κ1) is 23.2. The Kier molecular flexibility index (Phi) is 10.3. The maximum atomic E-state index is 12.6. The summed E-state index contributed by atoms with van der Waals surface area (Å²) < 4.78 is 42.0. The molecule has 11 heteroatoms. The Bertz CT molecular complexity index is 627. The Morgan fingerprint density at radius 3 is 2.40 bits per heavy atom. The maximum absolute atomic E-state index is 12.6. The maximum Gasteiger partial charge on any atom is 0.455 e. The molecule has 25 heavy (non-hydrogen) atoms. The van der Waals surface area contributed by atoms with Crippen LogP contribution in [0.5, 0.6) is 0 Å². The van der Waals surface area contributed by atoms with Crippen LogP contribution in [-0.2, 0) is 19.0 Å². The zero-order valence-electron chi connectivity index (χ0n) is 12.6. The van der Waals surface area contributed by atoms with Crippen molar-refractivity contribution in [2.45, 2.75) is 12.5 Å². The third-order valence-electron chi connectivity index (χ3n) is 2.64. The average Bonchev–Trinajstić information content (AvgIpc) is 2.52. The van der Waals surface area contributed by atoms with Gasteiger partial charge < -0.3 is 19.3 Å². The fourth-order valence-electron chi connectivity index (χ4n) is 1.50. The molecule has 1 N–H and O–H groups in total. The van der Waals surface area contributed by atoms with Crippen LogP contribution < -0.4 is 0 Å². The Labute approximate surface area is 183 Å². The van der Waals surface area contributed by atoms with Gasteiger partial charge in [-0.3, -0.25) is 0 Å². The first-order chi connectivity index (χ1) is 11.6. The monoisotopic (exact) mass is 696 g/mol. The summed E-state index contributed by atoms with van der Waals surface area (Å²) in [6.07, 6.45) is -4.11. The van der Waals surface area contributed by atoms with E-state index >= 15 is 0 Å². The van der Waals surface area contributed by atoms with E-state index in [1.54, 1.807) is 6.07 Å². The summed E-state index contributed by atoms with van der Waals surface area (Å²) in [4.78, 5) is 22.1. The van der Waals surface area contributed by atoms with Gasteiger partial charge in [-0.2, -0.15) is 8.78 Å². The minimum atomic E-state index is -4.20. The highest BCUT2D eigenvalue weighted by Crippen LogP contribution is 2.23. The fourth-order valence-corrected chi connectivity index (χ4v) is 3.88. The third-order valence-corrected chi connectivity index (χ3v) is 6.31. The van der Waals surface area contributed by atoms with Crippen LogP contribution in [0.3, 0.4) is 0 Å². The van der Waals surface area contributed by atoms with Crippen molar-refractivity contribution in [2.75, 3.05) is 26.4 Å². The molecule has 0 aromatic heterocycles. The minimum absolute atomic E-state index is 0.0170. The smallest absolute Gasteiger partial charge is 0.455 e. The van der Waals surface area contributed by atoms with Crippen LogP contribution in [0.25, 0.3) is 0 Å². The van der Waals surface area contributed by atoms with Crippen molar-refractivity contribution in [3.05, 3.63) is 28.4 Å². The number of carbonyl (C=O) groups is 2. The van der Waals surface area contributed by atoms with Gasteiger partial charge in [0.2, 0.25) is 0 Å². The Morgan fingerprint density at radius 2 is 1.76 bits per heavy atom. The topological polar surface area (TPSA) is 82.1 Å². The van der Waals surface area contributed by atoms with E-state index in [-0.39, 0.29) is 26.2 Å². The summed E-state index contributed by atoms with van der Waals surface area (Å²) in [7, 11) is 0. The molecule has 140 valence electrons. The van der Waals surface area contributed by atoms with Gasteiger partial charge in [0.1, 0.15) is 6.61 Å². The molecule has 0 radical (unpaired) electrons. The summed E-state index contributed by atoms with van der Waals surface area (Å²) in [6.45, 7) is -0.272. The lowest BCUT2D eigenvalue weighted by Gasteiger charge is -2.12. The van der Waals surface area contributed by atoms with Gasteiger partial charge in [0.05, 0.1) is 18.8 Å². The van der Waals surface area contributed by atoms with Crippen molar-refractivity contribution in [2.24, 2.45) is 0 Å². The number of hydrogen-bond donors (Lipinski definition) is 1. The molecule has 0 saturated heterocycles. The van der Waals surface area contributed by atoms with Crippen LogP contribution >= 0.6 is 67.8 Å². The quantitative estimate of drug-likeness (QED) is 0.174. The summed E-state index contributed by atoms with van der Waals surface area (Å²) >= 11 is 6.32. The van der Waals surface area contributed by atoms with Gasteiger partial charge in [-0.05, 0) is 86.3 Å². The lowest BCUT2D eigenvalue weighted by molar-refractivity contribution is -0.246. The molecule has 1 rings (SSSR count). The number of alkyl halides is 2. The number of rotatable bonds is 10. The molecule has 0 fully saturated rings. The molecule has 0 unspecified atom stereocenters. The molecule has 0 bridgehead atoms. The number of esters is 1. The molecular formula is C14H13F2I3O6. The van der Waals surface area contributed by atoms with Crippen molar-refractivity contribution in [1.29, 1.82) is 0 Å². The molecule has 0 spiro atoms. The van der Waals surface area contributed by atoms with Crippen LogP contribution in [0.2, 0.25) is 0 Å². The van der Waals surface area contributed by atoms with E-state index in [1.165, 1.54) is 0 Å². The molecule has 1 aromatic rings. The number of carboxylic acid groups (broad SMARTS) is 1.